The molecule has 1 saturated carbocycles. The molecule has 0 bridgehead atoms. The van der Waals surface area contributed by atoms with Gasteiger partial charge in [0.2, 0.25) is 0 Å². The van der Waals surface area contributed by atoms with Crippen molar-refractivity contribution < 1.29 is 4.74 Å². The summed E-state index contributed by atoms with van der Waals surface area (Å²) in [7, 11) is 0. The molecule has 1 fully saturated rings. The zero-order valence-electron chi connectivity index (χ0n) is 8.87. The quantitative estimate of drug-likeness (QED) is 0.840. The highest BCUT2D eigenvalue weighted by molar-refractivity contribution is 6.30. The number of benzene rings is 1. The second-order valence-corrected chi connectivity index (χ2v) is 4.60. The molecule has 0 spiro atoms. The van der Waals surface area contributed by atoms with E-state index >= 15 is 0 Å². The first-order valence-electron chi connectivity index (χ1n) is 5.35. The van der Waals surface area contributed by atoms with Gasteiger partial charge in [0, 0.05) is 11.1 Å². The van der Waals surface area contributed by atoms with E-state index in [1.165, 1.54) is 0 Å². The van der Waals surface area contributed by atoms with Gasteiger partial charge in [-0.1, -0.05) is 17.7 Å². The number of hydrogen-bond donors (Lipinski definition) is 1. The van der Waals surface area contributed by atoms with E-state index < -0.39 is 0 Å². The van der Waals surface area contributed by atoms with Gasteiger partial charge in [-0.3, -0.25) is 0 Å². The monoisotopic (exact) mass is 225 g/mol. The number of rotatable bonds is 2. The van der Waals surface area contributed by atoms with Crippen molar-refractivity contribution in [1.82, 2.24) is 0 Å². The van der Waals surface area contributed by atoms with Crippen molar-refractivity contribution in [3.8, 4) is 5.75 Å². The third-order valence-corrected chi connectivity index (χ3v) is 3.17. The SMILES string of the molecule is Cc1ccc(Cl)cc1OC1CCCC1N. The molecule has 0 saturated heterocycles. The minimum atomic E-state index is 0.155. The van der Waals surface area contributed by atoms with Crippen molar-refractivity contribution in [2.24, 2.45) is 5.73 Å². The van der Waals surface area contributed by atoms with Gasteiger partial charge in [-0.25, -0.2) is 0 Å². The summed E-state index contributed by atoms with van der Waals surface area (Å²) in [6, 6.07) is 5.88. The van der Waals surface area contributed by atoms with Gasteiger partial charge in [0.25, 0.3) is 0 Å². The third kappa shape index (κ3) is 2.44. The Hall–Kier alpha value is -0.730. The zero-order valence-corrected chi connectivity index (χ0v) is 9.63. The number of halogens is 1. The molecule has 0 heterocycles. The molecule has 0 aromatic heterocycles. The fourth-order valence-electron chi connectivity index (χ4n) is 1.97. The van der Waals surface area contributed by atoms with Crippen molar-refractivity contribution in [2.75, 3.05) is 0 Å². The molecule has 2 rings (SSSR count). The summed E-state index contributed by atoms with van der Waals surface area (Å²) < 4.78 is 5.89. The predicted octanol–water partition coefficient (Wildman–Crippen LogP) is 2.91. The molecule has 1 aromatic rings. The van der Waals surface area contributed by atoms with E-state index in [2.05, 4.69) is 0 Å². The lowest BCUT2D eigenvalue weighted by molar-refractivity contribution is 0.190. The van der Waals surface area contributed by atoms with Gasteiger partial charge >= 0.3 is 0 Å². The number of hydrogen-bond acceptors (Lipinski definition) is 2. The van der Waals surface area contributed by atoms with Crippen molar-refractivity contribution in [3.63, 3.8) is 0 Å². The van der Waals surface area contributed by atoms with Gasteiger partial charge in [0.15, 0.2) is 0 Å². The Bertz CT molecular complexity index is 353. The van der Waals surface area contributed by atoms with Crippen molar-refractivity contribution in [3.05, 3.63) is 28.8 Å². The lowest BCUT2D eigenvalue weighted by Gasteiger charge is -2.19. The molecule has 0 aliphatic heterocycles. The van der Waals surface area contributed by atoms with E-state index in [4.69, 9.17) is 22.1 Å². The molecule has 1 aromatic carbocycles. The molecule has 0 amide bonds. The second-order valence-electron chi connectivity index (χ2n) is 4.16. The number of ether oxygens (including phenoxy) is 1. The van der Waals surface area contributed by atoms with Crippen LogP contribution in [0.25, 0.3) is 0 Å². The van der Waals surface area contributed by atoms with Crippen molar-refractivity contribution in [2.45, 2.75) is 38.3 Å². The van der Waals surface area contributed by atoms with E-state index in [-0.39, 0.29) is 12.1 Å². The summed E-state index contributed by atoms with van der Waals surface area (Å²) in [6.07, 6.45) is 3.42. The third-order valence-electron chi connectivity index (χ3n) is 2.93. The molecule has 3 heteroatoms. The van der Waals surface area contributed by atoms with Crippen LogP contribution in [0.15, 0.2) is 18.2 Å². The molecule has 1 aliphatic carbocycles. The first kappa shape index (κ1) is 10.8. The summed E-state index contributed by atoms with van der Waals surface area (Å²) in [5.41, 5.74) is 7.07. The van der Waals surface area contributed by atoms with Crippen molar-refractivity contribution >= 4 is 11.6 Å². The fraction of sp³-hybridized carbons (Fsp3) is 0.500. The van der Waals surface area contributed by atoms with Gasteiger partial charge in [0.05, 0.1) is 0 Å². The first-order chi connectivity index (χ1) is 7.16. The first-order valence-corrected chi connectivity index (χ1v) is 5.73. The summed E-state index contributed by atoms with van der Waals surface area (Å²) >= 11 is 5.93. The maximum Gasteiger partial charge on any atom is 0.124 e. The summed E-state index contributed by atoms with van der Waals surface area (Å²) in [5, 5.41) is 0.710. The van der Waals surface area contributed by atoms with Crippen LogP contribution < -0.4 is 10.5 Å². The van der Waals surface area contributed by atoms with Crippen LogP contribution in [0.2, 0.25) is 5.02 Å². The van der Waals surface area contributed by atoms with Crippen LogP contribution in [-0.4, -0.2) is 12.1 Å². The zero-order chi connectivity index (χ0) is 10.8. The van der Waals surface area contributed by atoms with Crippen LogP contribution >= 0.6 is 11.6 Å². The van der Waals surface area contributed by atoms with Gasteiger partial charge in [-0.05, 0) is 43.9 Å². The van der Waals surface area contributed by atoms with Gasteiger partial charge in [-0.15, -0.1) is 0 Å². The number of aryl methyl sites for hydroxylation is 1. The van der Waals surface area contributed by atoms with E-state index in [9.17, 15) is 0 Å². The molecular formula is C12H16ClNO. The van der Waals surface area contributed by atoms with Crippen LogP contribution in [0, 0.1) is 6.92 Å². The molecular weight excluding hydrogens is 210 g/mol. The Kier molecular flexibility index (Phi) is 3.17. The molecule has 2 atom stereocenters. The molecule has 0 radical (unpaired) electrons. The summed E-state index contributed by atoms with van der Waals surface area (Å²) in [4.78, 5) is 0. The lowest BCUT2D eigenvalue weighted by atomic mass is 10.2. The van der Waals surface area contributed by atoms with Gasteiger partial charge < -0.3 is 10.5 Å². The second kappa shape index (κ2) is 4.42. The van der Waals surface area contributed by atoms with Crippen LogP contribution in [0.3, 0.4) is 0 Å². The fourth-order valence-corrected chi connectivity index (χ4v) is 2.13. The van der Waals surface area contributed by atoms with Gasteiger partial charge in [0.1, 0.15) is 11.9 Å². The molecule has 2 nitrogen and oxygen atoms in total. The Morgan fingerprint density at radius 3 is 2.87 bits per heavy atom. The van der Waals surface area contributed by atoms with E-state index in [1.807, 2.05) is 25.1 Å². The highest BCUT2D eigenvalue weighted by Crippen LogP contribution is 2.28. The molecule has 82 valence electrons. The van der Waals surface area contributed by atoms with E-state index in [1.54, 1.807) is 0 Å². The lowest BCUT2D eigenvalue weighted by Crippen LogP contribution is -2.33. The average molecular weight is 226 g/mol. The summed E-state index contributed by atoms with van der Waals surface area (Å²) in [5.74, 6) is 0.866. The molecule has 2 unspecified atom stereocenters. The maximum atomic E-state index is 5.96. The number of nitrogens with two attached hydrogens (primary N) is 1. The Morgan fingerprint density at radius 2 is 2.20 bits per heavy atom. The Balaban J connectivity index is 2.12. The largest absolute Gasteiger partial charge is 0.488 e. The summed E-state index contributed by atoms with van der Waals surface area (Å²) in [6.45, 7) is 2.02. The average Bonchev–Trinajstić information content (AvgIpc) is 2.58. The topological polar surface area (TPSA) is 35.2 Å². The van der Waals surface area contributed by atoms with E-state index in [0.29, 0.717) is 5.02 Å². The maximum absolute atomic E-state index is 5.96. The van der Waals surface area contributed by atoms with Crippen molar-refractivity contribution in [1.29, 1.82) is 0 Å². The normalized spacial score (nSPS) is 25.5. The van der Waals surface area contributed by atoms with Gasteiger partial charge in [-0.2, -0.15) is 0 Å². The van der Waals surface area contributed by atoms with Crippen LogP contribution in [-0.2, 0) is 0 Å². The van der Waals surface area contributed by atoms with Crippen LogP contribution in [0.1, 0.15) is 24.8 Å². The van der Waals surface area contributed by atoms with Crippen LogP contribution in [0.5, 0.6) is 5.75 Å². The van der Waals surface area contributed by atoms with E-state index in [0.717, 1.165) is 30.6 Å². The Labute approximate surface area is 95.4 Å². The Morgan fingerprint density at radius 1 is 1.40 bits per heavy atom. The molecule has 1 aliphatic rings. The minimum absolute atomic E-state index is 0.155. The van der Waals surface area contributed by atoms with Crippen LogP contribution in [0.4, 0.5) is 0 Å². The smallest absolute Gasteiger partial charge is 0.124 e. The molecule has 15 heavy (non-hydrogen) atoms. The highest BCUT2D eigenvalue weighted by atomic mass is 35.5. The minimum Gasteiger partial charge on any atom is -0.488 e. The molecule has 2 N–H and O–H groups in total. The standard InChI is InChI=1S/C12H16ClNO/c1-8-5-6-9(13)7-12(8)15-11-4-2-3-10(11)14/h5-7,10-11H,2-4,14H2,1H3. The highest BCUT2D eigenvalue weighted by Gasteiger charge is 2.25. The predicted molar refractivity (Wildman–Crippen MR) is 62.4 cm³/mol.